The smallest absolute Gasteiger partial charge is 0.165 e. The molecule has 0 amide bonds. The molecule has 11 heavy (non-hydrogen) atoms. The van der Waals surface area contributed by atoms with Crippen molar-refractivity contribution < 1.29 is 0 Å². The van der Waals surface area contributed by atoms with E-state index in [1.165, 1.54) is 5.69 Å². The molecule has 0 fully saturated rings. The summed E-state index contributed by atoms with van der Waals surface area (Å²) in [5, 5.41) is 0.797. The Morgan fingerprint density at radius 3 is 2.18 bits per heavy atom. The Labute approximate surface area is 73.0 Å². The second-order valence-corrected chi connectivity index (χ2v) is 3.50. The maximum absolute atomic E-state index is 4.26. The van der Waals surface area contributed by atoms with Gasteiger partial charge in [-0.15, -0.1) is 12.6 Å². The average Bonchev–Trinajstić information content (AvgIpc) is 2.07. The Bertz CT molecular complexity index is 263. The van der Waals surface area contributed by atoms with Crippen molar-refractivity contribution in [1.82, 2.24) is 9.55 Å². The summed E-state index contributed by atoms with van der Waals surface area (Å²) < 4.78 is 2.03. The van der Waals surface area contributed by atoms with Gasteiger partial charge in [-0.25, -0.2) is 4.98 Å². The van der Waals surface area contributed by atoms with Gasteiger partial charge in [0.2, 0.25) is 0 Å². The zero-order chi connectivity index (χ0) is 8.59. The number of thiol groups is 1. The molecule has 0 aliphatic rings. The highest BCUT2D eigenvalue weighted by Gasteiger charge is 2.11. The number of hydrogen-bond donors (Lipinski definition) is 1. The SMILES string of the molecule is Cc1nc(S)n(C)c1C(C)C. The van der Waals surface area contributed by atoms with E-state index in [9.17, 15) is 0 Å². The van der Waals surface area contributed by atoms with Gasteiger partial charge in [-0.1, -0.05) is 13.8 Å². The van der Waals surface area contributed by atoms with E-state index in [2.05, 4.69) is 31.5 Å². The van der Waals surface area contributed by atoms with E-state index in [4.69, 9.17) is 0 Å². The maximum atomic E-state index is 4.26. The Morgan fingerprint density at radius 1 is 1.45 bits per heavy atom. The molecule has 2 nitrogen and oxygen atoms in total. The first-order chi connectivity index (χ1) is 5.04. The molecule has 1 rings (SSSR count). The zero-order valence-electron chi connectivity index (χ0n) is 7.42. The highest BCUT2D eigenvalue weighted by molar-refractivity contribution is 7.80. The van der Waals surface area contributed by atoms with Crippen LogP contribution in [0.15, 0.2) is 5.16 Å². The van der Waals surface area contributed by atoms with Crippen molar-refractivity contribution in [2.75, 3.05) is 0 Å². The van der Waals surface area contributed by atoms with Crippen LogP contribution in [0, 0.1) is 6.92 Å². The molecule has 1 heterocycles. The number of aromatic nitrogens is 2. The predicted molar refractivity (Wildman–Crippen MR) is 49.3 cm³/mol. The topological polar surface area (TPSA) is 17.8 Å². The largest absolute Gasteiger partial charge is 0.326 e. The Kier molecular flexibility index (Phi) is 2.28. The lowest BCUT2D eigenvalue weighted by molar-refractivity contribution is 0.691. The van der Waals surface area contributed by atoms with Gasteiger partial charge in [-0.3, -0.25) is 0 Å². The molecule has 3 heteroatoms. The molecular formula is C8H14N2S. The van der Waals surface area contributed by atoms with E-state index in [-0.39, 0.29) is 0 Å². The molecule has 0 bridgehead atoms. The number of imidazole rings is 1. The van der Waals surface area contributed by atoms with Crippen LogP contribution in [0.5, 0.6) is 0 Å². The summed E-state index contributed by atoms with van der Waals surface area (Å²) in [5.41, 5.74) is 2.36. The van der Waals surface area contributed by atoms with Gasteiger partial charge in [-0.2, -0.15) is 0 Å². The second kappa shape index (κ2) is 2.89. The van der Waals surface area contributed by atoms with Gasteiger partial charge >= 0.3 is 0 Å². The van der Waals surface area contributed by atoms with Gasteiger partial charge < -0.3 is 4.57 Å². The fraction of sp³-hybridized carbons (Fsp3) is 0.625. The van der Waals surface area contributed by atoms with E-state index < -0.39 is 0 Å². The first kappa shape index (κ1) is 8.65. The van der Waals surface area contributed by atoms with E-state index in [0.717, 1.165) is 10.9 Å². The van der Waals surface area contributed by atoms with Crippen LogP contribution in [0.3, 0.4) is 0 Å². The minimum absolute atomic E-state index is 0.522. The molecule has 0 atom stereocenters. The van der Waals surface area contributed by atoms with Crippen molar-refractivity contribution in [1.29, 1.82) is 0 Å². The lowest BCUT2D eigenvalue weighted by Crippen LogP contribution is -1.99. The van der Waals surface area contributed by atoms with E-state index in [1.54, 1.807) is 0 Å². The number of nitrogens with zero attached hydrogens (tertiary/aromatic N) is 2. The van der Waals surface area contributed by atoms with Crippen LogP contribution in [-0.2, 0) is 7.05 Å². The summed E-state index contributed by atoms with van der Waals surface area (Å²) in [6.45, 7) is 6.35. The fourth-order valence-electron chi connectivity index (χ4n) is 1.44. The molecular weight excluding hydrogens is 156 g/mol. The Balaban J connectivity index is 3.22. The van der Waals surface area contributed by atoms with Crippen LogP contribution in [0.25, 0.3) is 0 Å². The van der Waals surface area contributed by atoms with E-state index in [0.29, 0.717) is 5.92 Å². The molecule has 1 aromatic heterocycles. The summed E-state index contributed by atoms with van der Waals surface area (Å²) in [4.78, 5) is 4.26. The summed E-state index contributed by atoms with van der Waals surface area (Å²) >= 11 is 4.23. The minimum Gasteiger partial charge on any atom is -0.326 e. The third-order valence-corrected chi connectivity index (χ3v) is 2.25. The van der Waals surface area contributed by atoms with E-state index >= 15 is 0 Å². The molecule has 62 valence electrons. The van der Waals surface area contributed by atoms with Gasteiger partial charge in [0.25, 0.3) is 0 Å². The summed E-state index contributed by atoms with van der Waals surface area (Å²) in [6.07, 6.45) is 0. The predicted octanol–water partition coefficient (Wildman–Crippen LogP) is 2.14. The van der Waals surface area contributed by atoms with Gasteiger partial charge in [-0.05, 0) is 12.8 Å². The van der Waals surface area contributed by atoms with Crippen molar-refractivity contribution in [2.45, 2.75) is 31.8 Å². The first-order valence-electron chi connectivity index (χ1n) is 3.76. The molecule has 0 unspecified atom stereocenters. The third-order valence-electron chi connectivity index (χ3n) is 1.85. The second-order valence-electron chi connectivity index (χ2n) is 3.10. The third kappa shape index (κ3) is 1.43. The molecule has 0 spiro atoms. The molecule has 0 aliphatic carbocycles. The molecule has 0 aromatic carbocycles. The number of hydrogen-bond acceptors (Lipinski definition) is 2. The lowest BCUT2D eigenvalue weighted by atomic mass is 10.1. The van der Waals surface area contributed by atoms with Gasteiger partial charge in [0.15, 0.2) is 5.16 Å². The quantitative estimate of drug-likeness (QED) is 0.639. The Hall–Kier alpha value is -0.440. The summed E-state index contributed by atoms with van der Waals surface area (Å²) in [6, 6.07) is 0. The van der Waals surface area contributed by atoms with Crippen LogP contribution >= 0.6 is 12.6 Å². The number of rotatable bonds is 1. The molecule has 1 aromatic rings. The first-order valence-corrected chi connectivity index (χ1v) is 4.21. The van der Waals surface area contributed by atoms with Crippen LogP contribution in [-0.4, -0.2) is 9.55 Å². The molecule has 0 aliphatic heterocycles. The van der Waals surface area contributed by atoms with Crippen LogP contribution in [0.4, 0.5) is 0 Å². The van der Waals surface area contributed by atoms with Crippen molar-refractivity contribution in [3.8, 4) is 0 Å². The fourth-order valence-corrected chi connectivity index (χ4v) is 1.70. The Morgan fingerprint density at radius 2 is 2.00 bits per heavy atom. The van der Waals surface area contributed by atoms with E-state index in [1.807, 2.05) is 18.5 Å². The highest BCUT2D eigenvalue weighted by Crippen LogP contribution is 2.20. The maximum Gasteiger partial charge on any atom is 0.165 e. The van der Waals surface area contributed by atoms with Crippen molar-refractivity contribution >= 4 is 12.6 Å². The minimum atomic E-state index is 0.522. The van der Waals surface area contributed by atoms with Crippen molar-refractivity contribution in [2.24, 2.45) is 7.05 Å². The molecule has 0 N–H and O–H groups in total. The van der Waals surface area contributed by atoms with Crippen LogP contribution in [0.2, 0.25) is 0 Å². The van der Waals surface area contributed by atoms with Crippen molar-refractivity contribution in [3.63, 3.8) is 0 Å². The average molecular weight is 170 g/mol. The van der Waals surface area contributed by atoms with Gasteiger partial charge in [0, 0.05) is 12.7 Å². The molecule has 0 radical (unpaired) electrons. The van der Waals surface area contributed by atoms with Gasteiger partial charge in [0.1, 0.15) is 0 Å². The van der Waals surface area contributed by atoms with Crippen molar-refractivity contribution in [3.05, 3.63) is 11.4 Å². The normalized spacial score (nSPS) is 11.1. The summed E-state index contributed by atoms with van der Waals surface area (Å²) in [7, 11) is 2.00. The van der Waals surface area contributed by atoms with Crippen LogP contribution in [0.1, 0.15) is 31.2 Å². The lowest BCUT2D eigenvalue weighted by Gasteiger charge is -2.07. The summed E-state index contributed by atoms with van der Waals surface area (Å²) in [5.74, 6) is 0.522. The zero-order valence-corrected chi connectivity index (χ0v) is 8.31. The number of aryl methyl sites for hydroxylation is 1. The highest BCUT2D eigenvalue weighted by atomic mass is 32.1. The van der Waals surface area contributed by atoms with Crippen LogP contribution < -0.4 is 0 Å². The van der Waals surface area contributed by atoms with Gasteiger partial charge in [0.05, 0.1) is 5.69 Å². The molecule has 0 saturated carbocycles. The molecule has 0 saturated heterocycles. The monoisotopic (exact) mass is 170 g/mol. The standard InChI is InChI=1S/C8H14N2S/c1-5(2)7-6(3)9-8(11)10(7)4/h5H,1-4H3,(H,9,11).